The summed E-state index contributed by atoms with van der Waals surface area (Å²) in [6.45, 7) is 0. The number of carboxylic acids is 1. The molecule has 1 unspecified atom stereocenters. The maximum absolute atomic E-state index is 13.8. The molecule has 0 saturated carbocycles. The number of nitrogens with one attached hydrogen (secondary N) is 1. The molecule has 0 saturated heterocycles. The number of benzene rings is 1. The molecule has 0 radical (unpaired) electrons. The van der Waals surface area contributed by atoms with Crippen molar-refractivity contribution in [3.05, 3.63) is 33.2 Å². The molecule has 3 rings (SSSR count). The third-order valence-corrected chi connectivity index (χ3v) is 5.32. The van der Waals surface area contributed by atoms with Crippen LogP contribution in [0.3, 0.4) is 0 Å². The Labute approximate surface area is 118 Å². The van der Waals surface area contributed by atoms with E-state index in [-0.39, 0.29) is 10.0 Å². The average Bonchev–Trinajstić information content (AvgIpc) is 2.72. The highest BCUT2D eigenvalue weighted by Crippen LogP contribution is 2.36. The summed E-state index contributed by atoms with van der Waals surface area (Å²) in [5.41, 5.74) is 1.90. The van der Waals surface area contributed by atoms with Gasteiger partial charge in [0.2, 0.25) is 0 Å². The fraction of sp³-hybridized carbons (Fsp3) is 0.250. The molecule has 1 atom stereocenters. The van der Waals surface area contributed by atoms with Crippen LogP contribution >= 0.6 is 15.9 Å². The molecule has 7 heteroatoms. The number of H-pyrrole nitrogens is 1. The van der Waals surface area contributed by atoms with Crippen molar-refractivity contribution < 1.29 is 18.5 Å². The van der Waals surface area contributed by atoms with E-state index in [0.717, 1.165) is 17.3 Å². The van der Waals surface area contributed by atoms with Crippen LogP contribution in [0.2, 0.25) is 0 Å². The smallest absolute Gasteiger partial charge is 0.337 e. The molecular formula is C12H9BrFNO3S. The Kier molecular flexibility index (Phi) is 2.98. The maximum Gasteiger partial charge on any atom is 0.337 e. The lowest BCUT2D eigenvalue weighted by molar-refractivity contribution is 0.0698. The largest absolute Gasteiger partial charge is 0.478 e. The molecule has 2 aromatic rings. The minimum absolute atomic E-state index is 0.101. The van der Waals surface area contributed by atoms with Crippen LogP contribution < -0.4 is 0 Å². The van der Waals surface area contributed by atoms with Crippen molar-refractivity contribution in [1.82, 2.24) is 4.98 Å². The first-order valence-electron chi connectivity index (χ1n) is 5.58. The van der Waals surface area contributed by atoms with E-state index in [4.69, 9.17) is 5.11 Å². The van der Waals surface area contributed by atoms with E-state index < -0.39 is 22.6 Å². The normalized spacial score (nSPS) is 18.5. The van der Waals surface area contributed by atoms with Crippen molar-refractivity contribution in [3.63, 3.8) is 0 Å². The lowest BCUT2D eigenvalue weighted by Crippen LogP contribution is -2.12. The standard InChI is InChI=1S/C12H9BrFNO3S/c13-10-7(14)3-5(12(16)17)11-9(10)6-4-19(18)2-1-8(6)15-11/h3,15H,1-2,4H2,(H,16,17). The van der Waals surface area contributed by atoms with Crippen LogP contribution in [0.1, 0.15) is 21.6 Å². The molecule has 2 N–H and O–H groups in total. The summed E-state index contributed by atoms with van der Waals surface area (Å²) in [5.74, 6) is -0.933. The lowest BCUT2D eigenvalue weighted by Gasteiger charge is -2.11. The molecule has 0 spiro atoms. The van der Waals surface area contributed by atoms with Crippen LogP contribution in [-0.4, -0.2) is 26.0 Å². The van der Waals surface area contributed by atoms with Gasteiger partial charge in [-0.25, -0.2) is 9.18 Å². The van der Waals surface area contributed by atoms with Gasteiger partial charge in [-0.2, -0.15) is 0 Å². The Morgan fingerprint density at radius 1 is 1.53 bits per heavy atom. The molecule has 4 nitrogen and oxygen atoms in total. The van der Waals surface area contributed by atoms with Gasteiger partial charge in [-0.15, -0.1) is 0 Å². The molecule has 0 aliphatic carbocycles. The van der Waals surface area contributed by atoms with Gasteiger partial charge >= 0.3 is 5.97 Å². The minimum atomic E-state index is -1.18. The number of carbonyl (C=O) groups is 1. The van der Waals surface area contributed by atoms with Gasteiger partial charge in [-0.1, -0.05) is 0 Å². The lowest BCUT2D eigenvalue weighted by atomic mass is 10.1. The van der Waals surface area contributed by atoms with E-state index in [9.17, 15) is 13.4 Å². The zero-order chi connectivity index (χ0) is 13.7. The molecule has 0 fully saturated rings. The van der Waals surface area contributed by atoms with E-state index in [1.54, 1.807) is 0 Å². The minimum Gasteiger partial charge on any atom is -0.478 e. The molecule has 0 amide bonds. The van der Waals surface area contributed by atoms with Gasteiger partial charge in [-0.3, -0.25) is 4.21 Å². The number of aryl methyl sites for hydroxylation is 1. The fourth-order valence-electron chi connectivity index (χ4n) is 2.41. The van der Waals surface area contributed by atoms with E-state index in [2.05, 4.69) is 20.9 Å². The zero-order valence-corrected chi connectivity index (χ0v) is 12.0. The molecule has 1 aromatic heterocycles. The van der Waals surface area contributed by atoms with Crippen molar-refractivity contribution in [1.29, 1.82) is 0 Å². The van der Waals surface area contributed by atoms with Gasteiger partial charge in [0, 0.05) is 27.6 Å². The highest BCUT2D eigenvalue weighted by atomic mass is 79.9. The summed E-state index contributed by atoms with van der Waals surface area (Å²) in [7, 11) is -0.979. The number of hydrogen-bond acceptors (Lipinski definition) is 2. The van der Waals surface area contributed by atoms with E-state index >= 15 is 0 Å². The SMILES string of the molecule is O=C(O)c1cc(F)c(Br)c2c3c([nH]c12)CCS(=O)C3. The van der Waals surface area contributed by atoms with Crippen molar-refractivity contribution in [2.75, 3.05) is 5.75 Å². The molecule has 19 heavy (non-hydrogen) atoms. The quantitative estimate of drug-likeness (QED) is 0.834. The van der Waals surface area contributed by atoms with Crippen LogP contribution in [0.5, 0.6) is 0 Å². The second-order valence-electron chi connectivity index (χ2n) is 4.40. The van der Waals surface area contributed by atoms with Gasteiger partial charge in [0.25, 0.3) is 0 Å². The van der Waals surface area contributed by atoms with E-state index in [1.807, 2.05) is 0 Å². The number of aromatic nitrogens is 1. The third-order valence-electron chi connectivity index (χ3n) is 3.28. The van der Waals surface area contributed by atoms with Crippen LogP contribution in [-0.2, 0) is 23.0 Å². The first kappa shape index (κ1) is 12.8. The highest BCUT2D eigenvalue weighted by molar-refractivity contribution is 9.10. The number of aromatic carboxylic acids is 1. The second-order valence-corrected chi connectivity index (χ2v) is 6.77. The summed E-state index contributed by atoms with van der Waals surface area (Å²) < 4.78 is 25.7. The molecular weight excluding hydrogens is 337 g/mol. The predicted octanol–water partition coefficient (Wildman–Crippen LogP) is 2.57. The van der Waals surface area contributed by atoms with Gasteiger partial charge in [-0.05, 0) is 34.0 Å². The van der Waals surface area contributed by atoms with Gasteiger partial charge < -0.3 is 10.1 Å². The van der Waals surface area contributed by atoms with Gasteiger partial charge in [0.15, 0.2) is 0 Å². The van der Waals surface area contributed by atoms with Crippen molar-refractivity contribution >= 4 is 43.6 Å². The Morgan fingerprint density at radius 2 is 2.26 bits per heavy atom. The van der Waals surface area contributed by atoms with E-state index in [1.165, 1.54) is 0 Å². The first-order valence-corrected chi connectivity index (χ1v) is 7.87. The van der Waals surface area contributed by atoms with Crippen LogP contribution in [0.25, 0.3) is 10.9 Å². The zero-order valence-electron chi connectivity index (χ0n) is 9.63. The van der Waals surface area contributed by atoms with Crippen LogP contribution in [0.15, 0.2) is 10.5 Å². The number of aromatic amines is 1. The van der Waals surface area contributed by atoms with Gasteiger partial charge in [0.05, 0.1) is 21.3 Å². The summed E-state index contributed by atoms with van der Waals surface area (Å²) in [4.78, 5) is 14.2. The van der Waals surface area contributed by atoms with Crippen molar-refractivity contribution in [2.24, 2.45) is 0 Å². The topological polar surface area (TPSA) is 70.2 Å². The third kappa shape index (κ3) is 1.92. The Morgan fingerprint density at radius 3 is 2.95 bits per heavy atom. The summed E-state index contributed by atoms with van der Waals surface area (Å²) in [6.07, 6.45) is 0.587. The molecule has 1 aliphatic heterocycles. The summed E-state index contributed by atoms with van der Waals surface area (Å²) >= 11 is 3.16. The first-order chi connectivity index (χ1) is 8.99. The van der Waals surface area contributed by atoms with Gasteiger partial charge in [0.1, 0.15) is 5.82 Å². The number of fused-ring (bicyclic) bond motifs is 3. The van der Waals surface area contributed by atoms with Crippen molar-refractivity contribution in [2.45, 2.75) is 12.2 Å². The number of hydrogen-bond donors (Lipinski definition) is 2. The predicted molar refractivity (Wildman–Crippen MR) is 73.3 cm³/mol. The molecule has 2 heterocycles. The van der Waals surface area contributed by atoms with Crippen molar-refractivity contribution in [3.8, 4) is 0 Å². The molecule has 1 aromatic carbocycles. The monoisotopic (exact) mass is 345 g/mol. The number of halogens is 2. The molecule has 0 bridgehead atoms. The van der Waals surface area contributed by atoms with E-state index in [0.29, 0.717) is 28.8 Å². The Bertz CT molecular complexity index is 740. The summed E-state index contributed by atoms with van der Waals surface area (Å²) in [6, 6.07) is 0.994. The molecule has 1 aliphatic rings. The average molecular weight is 346 g/mol. The van der Waals surface area contributed by atoms with Crippen LogP contribution in [0, 0.1) is 5.82 Å². The summed E-state index contributed by atoms with van der Waals surface area (Å²) in [5, 5.41) is 9.65. The Balaban J connectivity index is 2.42. The Hall–Kier alpha value is -1.21. The number of carboxylic acid groups (broad SMARTS) is 1. The number of rotatable bonds is 1. The second kappa shape index (κ2) is 4.42. The van der Waals surface area contributed by atoms with Crippen LogP contribution in [0.4, 0.5) is 4.39 Å². The maximum atomic E-state index is 13.8. The fourth-order valence-corrected chi connectivity index (χ4v) is 4.18. The highest BCUT2D eigenvalue weighted by Gasteiger charge is 2.25. The molecule has 100 valence electrons.